The summed E-state index contributed by atoms with van der Waals surface area (Å²) in [6.07, 6.45) is 6.15. The highest BCUT2D eigenvalue weighted by molar-refractivity contribution is 5.20. The maximum atomic E-state index is 3.32. The van der Waals surface area contributed by atoms with Gasteiger partial charge in [0.15, 0.2) is 0 Å². The fraction of sp³-hybridized carbons (Fsp3) is 0.500. The van der Waals surface area contributed by atoms with Gasteiger partial charge < -0.3 is 10.6 Å². The maximum Gasteiger partial charge on any atom is 0.0348 e. The normalized spacial score (nSPS) is 16.5. The van der Waals surface area contributed by atoms with Gasteiger partial charge in [0, 0.05) is 18.3 Å². The molecule has 0 spiro atoms. The van der Waals surface area contributed by atoms with Gasteiger partial charge in [-0.1, -0.05) is 0 Å². The van der Waals surface area contributed by atoms with Crippen LogP contribution in [0.5, 0.6) is 0 Å². The van der Waals surface area contributed by atoms with Gasteiger partial charge in [-0.3, -0.25) is 0 Å². The number of rotatable bonds is 2. The van der Waals surface area contributed by atoms with Crippen LogP contribution in [0.1, 0.15) is 13.8 Å². The van der Waals surface area contributed by atoms with Gasteiger partial charge in [0.2, 0.25) is 0 Å². The Morgan fingerprint density at radius 3 is 2.90 bits per heavy atom. The third-order valence-corrected chi connectivity index (χ3v) is 1.28. The zero-order valence-corrected chi connectivity index (χ0v) is 6.52. The first-order valence-corrected chi connectivity index (χ1v) is 3.65. The highest BCUT2D eigenvalue weighted by Crippen LogP contribution is 1.96. The molecule has 0 saturated carbocycles. The first kappa shape index (κ1) is 7.19. The number of hydrogen-bond donors (Lipinski definition) is 2. The van der Waals surface area contributed by atoms with E-state index in [1.807, 2.05) is 12.3 Å². The van der Waals surface area contributed by atoms with Gasteiger partial charge in [-0.05, 0) is 32.2 Å². The van der Waals surface area contributed by atoms with E-state index in [-0.39, 0.29) is 0 Å². The summed E-state index contributed by atoms with van der Waals surface area (Å²) in [4.78, 5) is 0. The van der Waals surface area contributed by atoms with Crippen molar-refractivity contribution in [2.24, 2.45) is 0 Å². The molecule has 0 fully saturated rings. The average Bonchev–Trinajstić information content (AvgIpc) is 1.88. The Labute approximate surface area is 62.0 Å². The highest BCUT2D eigenvalue weighted by atomic mass is 14.9. The molecule has 0 radical (unpaired) electrons. The largest absolute Gasteiger partial charge is 0.387 e. The molecule has 2 N–H and O–H groups in total. The first-order valence-electron chi connectivity index (χ1n) is 3.65. The smallest absolute Gasteiger partial charge is 0.0348 e. The predicted molar refractivity (Wildman–Crippen MR) is 43.5 cm³/mol. The van der Waals surface area contributed by atoms with Gasteiger partial charge >= 0.3 is 0 Å². The third-order valence-electron chi connectivity index (χ3n) is 1.28. The molecule has 0 aromatic carbocycles. The van der Waals surface area contributed by atoms with E-state index in [0.717, 1.165) is 6.54 Å². The van der Waals surface area contributed by atoms with Crippen molar-refractivity contribution in [2.45, 2.75) is 19.9 Å². The Morgan fingerprint density at radius 1 is 1.60 bits per heavy atom. The minimum Gasteiger partial charge on any atom is -0.387 e. The second kappa shape index (κ2) is 3.30. The molecule has 56 valence electrons. The Hall–Kier alpha value is -0.920. The van der Waals surface area contributed by atoms with Crippen molar-refractivity contribution in [1.82, 2.24) is 10.6 Å². The van der Waals surface area contributed by atoms with Gasteiger partial charge in [0.05, 0.1) is 0 Å². The minimum absolute atomic E-state index is 0.522. The number of dihydropyridines is 1. The van der Waals surface area contributed by atoms with E-state index in [0.29, 0.717) is 6.04 Å². The van der Waals surface area contributed by atoms with Crippen LogP contribution in [0.25, 0.3) is 0 Å². The van der Waals surface area contributed by atoms with E-state index in [1.165, 1.54) is 5.70 Å². The van der Waals surface area contributed by atoms with Crippen molar-refractivity contribution >= 4 is 0 Å². The van der Waals surface area contributed by atoms with Gasteiger partial charge in [0.1, 0.15) is 0 Å². The van der Waals surface area contributed by atoms with E-state index in [1.54, 1.807) is 0 Å². The fourth-order valence-electron chi connectivity index (χ4n) is 0.894. The number of allylic oxidation sites excluding steroid dienone is 1. The summed E-state index contributed by atoms with van der Waals surface area (Å²) >= 11 is 0. The van der Waals surface area contributed by atoms with Crippen LogP contribution in [0.4, 0.5) is 0 Å². The van der Waals surface area contributed by atoms with Gasteiger partial charge in [-0.25, -0.2) is 0 Å². The van der Waals surface area contributed by atoms with Crippen LogP contribution in [0, 0.1) is 0 Å². The fourth-order valence-corrected chi connectivity index (χ4v) is 0.894. The molecule has 2 heteroatoms. The SMILES string of the molecule is CC(C)NC1=CCNC=C1. The van der Waals surface area contributed by atoms with Crippen LogP contribution >= 0.6 is 0 Å². The molecule has 2 nitrogen and oxygen atoms in total. The van der Waals surface area contributed by atoms with Crippen molar-refractivity contribution < 1.29 is 0 Å². The molecule has 1 heterocycles. The molecule has 1 aliphatic rings. The van der Waals surface area contributed by atoms with E-state index in [4.69, 9.17) is 0 Å². The van der Waals surface area contributed by atoms with Crippen molar-refractivity contribution in [3.8, 4) is 0 Å². The summed E-state index contributed by atoms with van der Waals surface area (Å²) < 4.78 is 0. The second-order valence-electron chi connectivity index (χ2n) is 2.70. The lowest BCUT2D eigenvalue weighted by atomic mass is 10.3. The van der Waals surface area contributed by atoms with Gasteiger partial charge in [-0.2, -0.15) is 0 Å². The molecule has 0 atom stereocenters. The maximum absolute atomic E-state index is 3.32. The quantitative estimate of drug-likeness (QED) is 0.594. The Bertz CT molecular complexity index is 157. The average molecular weight is 138 g/mol. The standard InChI is InChI=1S/C8H14N2/c1-7(2)10-8-3-5-9-6-4-8/h3-5,7,9-10H,6H2,1-2H3. The lowest BCUT2D eigenvalue weighted by Gasteiger charge is -2.13. The molecule has 1 aliphatic heterocycles. The molecule has 0 aliphatic carbocycles. The lowest BCUT2D eigenvalue weighted by molar-refractivity contribution is 0.674. The molecular weight excluding hydrogens is 124 g/mol. The van der Waals surface area contributed by atoms with Crippen molar-refractivity contribution in [3.05, 3.63) is 24.0 Å². The van der Waals surface area contributed by atoms with Crippen LogP contribution < -0.4 is 10.6 Å². The predicted octanol–water partition coefficient (Wildman–Crippen LogP) is 0.985. The van der Waals surface area contributed by atoms with Crippen molar-refractivity contribution in [2.75, 3.05) is 6.54 Å². The van der Waals surface area contributed by atoms with E-state index in [2.05, 4.69) is 30.6 Å². The van der Waals surface area contributed by atoms with Crippen LogP contribution in [0.2, 0.25) is 0 Å². The Balaban J connectivity index is 2.40. The molecule has 0 aromatic heterocycles. The minimum atomic E-state index is 0.522. The molecule has 0 amide bonds. The molecule has 0 aromatic rings. The van der Waals surface area contributed by atoms with Gasteiger partial charge in [0.25, 0.3) is 0 Å². The first-order chi connectivity index (χ1) is 4.79. The van der Waals surface area contributed by atoms with E-state index in [9.17, 15) is 0 Å². The Morgan fingerprint density at radius 2 is 2.40 bits per heavy atom. The topological polar surface area (TPSA) is 24.1 Å². The van der Waals surface area contributed by atoms with Crippen LogP contribution in [-0.2, 0) is 0 Å². The van der Waals surface area contributed by atoms with E-state index >= 15 is 0 Å². The molecule has 1 rings (SSSR count). The monoisotopic (exact) mass is 138 g/mol. The summed E-state index contributed by atoms with van der Waals surface area (Å²) in [5.41, 5.74) is 1.22. The van der Waals surface area contributed by atoms with Crippen molar-refractivity contribution in [1.29, 1.82) is 0 Å². The summed E-state index contributed by atoms with van der Waals surface area (Å²) in [7, 11) is 0. The molecule has 0 saturated heterocycles. The molecular formula is C8H14N2. The molecule has 0 bridgehead atoms. The molecule has 10 heavy (non-hydrogen) atoms. The van der Waals surface area contributed by atoms with Crippen LogP contribution in [0.15, 0.2) is 24.0 Å². The second-order valence-corrected chi connectivity index (χ2v) is 2.70. The lowest BCUT2D eigenvalue weighted by Crippen LogP contribution is -2.24. The number of hydrogen-bond acceptors (Lipinski definition) is 2. The zero-order valence-electron chi connectivity index (χ0n) is 6.52. The Kier molecular flexibility index (Phi) is 2.37. The highest BCUT2D eigenvalue weighted by Gasteiger charge is 1.96. The van der Waals surface area contributed by atoms with E-state index < -0.39 is 0 Å². The summed E-state index contributed by atoms with van der Waals surface area (Å²) in [6, 6.07) is 0.522. The summed E-state index contributed by atoms with van der Waals surface area (Å²) in [5.74, 6) is 0. The third kappa shape index (κ3) is 2.13. The van der Waals surface area contributed by atoms with Crippen LogP contribution in [0.3, 0.4) is 0 Å². The van der Waals surface area contributed by atoms with Gasteiger partial charge in [-0.15, -0.1) is 0 Å². The van der Waals surface area contributed by atoms with Crippen molar-refractivity contribution in [3.63, 3.8) is 0 Å². The summed E-state index contributed by atoms with van der Waals surface area (Å²) in [5, 5.41) is 6.41. The summed E-state index contributed by atoms with van der Waals surface area (Å²) in [6.45, 7) is 5.21. The number of nitrogens with one attached hydrogen (secondary N) is 2. The van der Waals surface area contributed by atoms with Crippen LogP contribution in [-0.4, -0.2) is 12.6 Å². The zero-order chi connectivity index (χ0) is 7.40. The molecule has 0 unspecified atom stereocenters.